The highest BCUT2D eigenvalue weighted by atomic mass is 16.3. The normalized spacial score (nSPS) is 10.7. The van der Waals surface area contributed by atoms with E-state index in [0.29, 0.717) is 12.3 Å². The van der Waals surface area contributed by atoms with Crippen molar-refractivity contribution in [1.82, 2.24) is 15.1 Å². The van der Waals surface area contributed by atoms with Gasteiger partial charge in [0.1, 0.15) is 5.75 Å². The second-order valence-electron chi connectivity index (χ2n) is 4.11. The number of rotatable bonds is 4. The first-order valence-electron chi connectivity index (χ1n) is 5.63. The number of benzene rings is 1. The predicted molar refractivity (Wildman–Crippen MR) is 66.6 cm³/mol. The van der Waals surface area contributed by atoms with Crippen LogP contribution in [0.1, 0.15) is 16.8 Å². The average Bonchev–Trinajstić information content (AvgIpc) is 2.63. The quantitative estimate of drug-likeness (QED) is 0.842. The molecule has 0 aliphatic rings. The maximum absolute atomic E-state index is 9.61. The number of phenolic OH excluding ortho intramolecular Hbond substituents is 1. The summed E-state index contributed by atoms with van der Waals surface area (Å²) in [6.45, 7) is 3.46. The number of hydrogen-bond acceptors (Lipinski definition) is 3. The first kappa shape index (κ1) is 11.7. The Kier molecular flexibility index (Phi) is 3.44. The fourth-order valence-electron chi connectivity index (χ4n) is 1.71. The summed E-state index contributed by atoms with van der Waals surface area (Å²) in [4.78, 5) is 0. The molecule has 0 unspecified atom stereocenters. The molecule has 0 aliphatic heterocycles. The topological polar surface area (TPSA) is 50.1 Å². The molecule has 1 aromatic carbocycles. The van der Waals surface area contributed by atoms with Gasteiger partial charge < -0.3 is 10.4 Å². The second kappa shape index (κ2) is 5.01. The molecule has 2 N–H and O–H groups in total. The lowest BCUT2D eigenvalue weighted by molar-refractivity contribution is 0.464. The lowest BCUT2D eigenvalue weighted by Gasteiger charge is -2.06. The molecular weight excluding hydrogens is 214 g/mol. The Balaban J connectivity index is 1.92. The van der Waals surface area contributed by atoms with Crippen molar-refractivity contribution >= 4 is 0 Å². The maximum atomic E-state index is 9.61. The minimum Gasteiger partial charge on any atom is -0.508 e. The minimum absolute atomic E-state index is 0.336. The Morgan fingerprint density at radius 3 is 2.59 bits per heavy atom. The fraction of sp³-hybridized carbons (Fsp3) is 0.308. The van der Waals surface area contributed by atoms with Crippen molar-refractivity contribution in [3.05, 3.63) is 47.3 Å². The van der Waals surface area contributed by atoms with Crippen LogP contribution in [0.25, 0.3) is 0 Å². The maximum Gasteiger partial charge on any atom is 0.120 e. The molecule has 0 atom stereocenters. The van der Waals surface area contributed by atoms with Gasteiger partial charge in [0.05, 0.1) is 6.20 Å². The lowest BCUT2D eigenvalue weighted by atomic mass is 10.2. The Hall–Kier alpha value is -1.81. The number of nitrogens with one attached hydrogen (secondary N) is 1. The van der Waals surface area contributed by atoms with Gasteiger partial charge in [-0.3, -0.25) is 4.68 Å². The molecule has 0 fully saturated rings. The molecule has 0 aliphatic carbocycles. The first-order valence-corrected chi connectivity index (χ1v) is 5.63. The van der Waals surface area contributed by atoms with Crippen molar-refractivity contribution in [2.24, 2.45) is 7.05 Å². The largest absolute Gasteiger partial charge is 0.508 e. The molecule has 0 saturated heterocycles. The zero-order valence-electron chi connectivity index (χ0n) is 10.1. The summed E-state index contributed by atoms with van der Waals surface area (Å²) in [5.41, 5.74) is 3.26. The van der Waals surface area contributed by atoms with Crippen molar-refractivity contribution < 1.29 is 5.11 Å². The Morgan fingerprint density at radius 1 is 1.24 bits per heavy atom. The molecule has 2 rings (SSSR count). The van der Waals surface area contributed by atoms with Gasteiger partial charge in [-0.1, -0.05) is 18.2 Å². The highest BCUT2D eigenvalue weighted by molar-refractivity contribution is 5.31. The van der Waals surface area contributed by atoms with Crippen LogP contribution in [-0.2, 0) is 20.1 Å². The molecule has 4 nitrogen and oxygen atoms in total. The monoisotopic (exact) mass is 231 g/mol. The standard InChI is InChI=1S/C13H17N3O/c1-10-12(9-15-16(10)2)8-14-7-11-5-3-4-6-13(11)17/h3-6,9,14,17H,7-8H2,1-2H3. The van der Waals surface area contributed by atoms with Gasteiger partial charge in [-0.15, -0.1) is 0 Å². The van der Waals surface area contributed by atoms with Crippen LogP contribution in [0.3, 0.4) is 0 Å². The van der Waals surface area contributed by atoms with Gasteiger partial charge >= 0.3 is 0 Å². The summed E-state index contributed by atoms with van der Waals surface area (Å²) >= 11 is 0. The number of aromatic hydroxyl groups is 1. The molecule has 0 amide bonds. The lowest BCUT2D eigenvalue weighted by Crippen LogP contribution is -2.13. The number of phenols is 1. The number of aromatic nitrogens is 2. The van der Waals surface area contributed by atoms with Gasteiger partial charge in [0.15, 0.2) is 0 Å². The predicted octanol–water partition coefficient (Wildman–Crippen LogP) is 1.72. The van der Waals surface area contributed by atoms with Crippen molar-refractivity contribution in [2.75, 3.05) is 0 Å². The minimum atomic E-state index is 0.336. The molecule has 0 bridgehead atoms. The van der Waals surface area contributed by atoms with Crippen LogP contribution >= 0.6 is 0 Å². The number of aryl methyl sites for hydroxylation is 1. The van der Waals surface area contributed by atoms with Crippen molar-refractivity contribution in [3.63, 3.8) is 0 Å². The Bertz CT molecular complexity index is 505. The van der Waals surface area contributed by atoms with Gasteiger partial charge in [0.2, 0.25) is 0 Å². The molecule has 17 heavy (non-hydrogen) atoms. The molecule has 0 saturated carbocycles. The van der Waals surface area contributed by atoms with Crippen molar-refractivity contribution in [2.45, 2.75) is 20.0 Å². The van der Waals surface area contributed by atoms with Gasteiger partial charge in [-0.2, -0.15) is 5.10 Å². The second-order valence-corrected chi connectivity index (χ2v) is 4.11. The van der Waals surface area contributed by atoms with E-state index in [4.69, 9.17) is 0 Å². The summed E-state index contributed by atoms with van der Waals surface area (Å²) in [7, 11) is 1.93. The third-order valence-electron chi connectivity index (χ3n) is 2.96. The van der Waals surface area contributed by atoms with E-state index in [0.717, 1.165) is 17.8 Å². The smallest absolute Gasteiger partial charge is 0.120 e. The van der Waals surface area contributed by atoms with Crippen LogP contribution < -0.4 is 5.32 Å². The summed E-state index contributed by atoms with van der Waals surface area (Å²) in [6, 6.07) is 7.36. The van der Waals surface area contributed by atoms with E-state index in [-0.39, 0.29) is 0 Å². The van der Waals surface area contributed by atoms with Crippen LogP contribution in [0.15, 0.2) is 30.5 Å². The third kappa shape index (κ3) is 2.65. The van der Waals surface area contributed by atoms with Crippen molar-refractivity contribution in [3.8, 4) is 5.75 Å². The molecule has 0 radical (unpaired) electrons. The Labute approximate surface area is 101 Å². The van der Waals surface area contributed by atoms with Gasteiger partial charge in [-0.25, -0.2) is 0 Å². The first-order chi connectivity index (χ1) is 8.18. The van der Waals surface area contributed by atoms with Crippen LogP contribution in [0.2, 0.25) is 0 Å². The van der Waals surface area contributed by atoms with Crippen molar-refractivity contribution in [1.29, 1.82) is 0 Å². The summed E-state index contributed by atoms with van der Waals surface area (Å²) in [5.74, 6) is 0.336. The molecule has 0 spiro atoms. The van der Waals surface area contributed by atoms with Gasteiger partial charge in [-0.05, 0) is 13.0 Å². The van der Waals surface area contributed by atoms with Gasteiger partial charge in [0.25, 0.3) is 0 Å². The highest BCUT2D eigenvalue weighted by Crippen LogP contribution is 2.15. The van der Waals surface area contributed by atoms with Crippen LogP contribution in [0, 0.1) is 6.92 Å². The van der Waals surface area contributed by atoms with E-state index in [1.165, 1.54) is 5.56 Å². The molecule has 90 valence electrons. The molecule has 2 aromatic rings. The highest BCUT2D eigenvalue weighted by Gasteiger charge is 2.03. The van der Waals surface area contributed by atoms with Gasteiger partial charge in [0, 0.05) is 37.0 Å². The SMILES string of the molecule is Cc1c(CNCc2ccccc2O)cnn1C. The number of para-hydroxylation sites is 1. The molecular formula is C13H17N3O. The summed E-state index contributed by atoms with van der Waals surface area (Å²) in [5, 5.41) is 17.1. The van der Waals surface area contributed by atoms with E-state index in [2.05, 4.69) is 10.4 Å². The summed E-state index contributed by atoms with van der Waals surface area (Å²) in [6.07, 6.45) is 1.87. The van der Waals surface area contributed by atoms with E-state index in [1.807, 2.05) is 43.0 Å². The van der Waals surface area contributed by atoms with E-state index < -0.39 is 0 Å². The van der Waals surface area contributed by atoms with E-state index >= 15 is 0 Å². The third-order valence-corrected chi connectivity index (χ3v) is 2.96. The fourth-order valence-corrected chi connectivity index (χ4v) is 1.71. The molecule has 1 heterocycles. The Morgan fingerprint density at radius 2 is 1.94 bits per heavy atom. The summed E-state index contributed by atoms with van der Waals surface area (Å²) < 4.78 is 1.86. The van der Waals surface area contributed by atoms with E-state index in [9.17, 15) is 5.11 Å². The zero-order valence-corrected chi connectivity index (χ0v) is 10.1. The van der Waals surface area contributed by atoms with Crippen LogP contribution in [0.5, 0.6) is 5.75 Å². The van der Waals surface area contributed by atoms with Crippen LogP contribution in [0.4, 0.5) is 0 Å². The number of hydrogen-bond donors (Lipinski definition) is 2. The molecule has 4 heteroatoms. The molecule has 1 aromatic heterocycles. The average molecular weight is 231 g/mol. The van der Waals surface area contributed by atoms with E-state index in [1.54, 1.807) is 6.07 Å². The zero-order chi connectivity index (χ0) is 12.3. The number of nitrogens with zero attached hydrogens (tertiary/aromatic N) is 2. The van der Waals surface area contributed by atoms with Crippen LogP contribution in [-0.4, -0.2) is 14.9 Å².